The number of nitrogens with zero attached hydrogens (tertiary/aromatic N) is 3. The molecule has 0 spiro atoms. The van der Waals surface area contributed by atoms with Gasteiger partial charge in [0.2, 0.25) is 0 Å². The molecule has 2 heterocycles. The summed E-state index contributed by atoms with van der Waals surface area (Å²) >= 11 is 12.9. The van der Waals surface area contributed by atoms with E-state index in [0.29, 0.717) is 10.0 Å². The van der Waals surface area contributed by atoms with Gasteiger partial charge in [-0.15, -0.1) is 0 Å². The Bertz CT molecular complexity index is 1020. The van der Waals surface area contributed by atoms with Crippen LogP contribution in [0.1, 0.15) is 30.1 Å². The highest BCUT2D eigenvalue weighted by Gasteiger charge is 2.40. The van der Waals surface area contributed by atoms with Gasteiger partial charge in [-0.1, -0.05) is 23.2 Å². The predicted octanol–water partition coefficient (Wildman–Crippen LogP) is 4.65. The van der Waals surface area contributed by atoms with Crippen molar-refractivity contribution >= 4 is 23.2 Å². The fourth-order valence-electron chi connectivity index (χ4n) is 4.68. The fraction of sp³-hybridized carbons (Fsp3) is 0.348. The summed E-state index contributed by atoms with van der Waals surface area (Å²) in [5.41, 5.74) is 9.52. The van der Waals surface area contributed by atoms with Crippen molar-refractivity contribution in [3.05, 3.63) is 76.3 Å². The molecular weight excluding hydrogens is 419 g/mol. The molecule has 3 aromatic rings. The molecule has 1 saturated heterocycles. The molecule has 7 heteroatoms. The average molecular weight is 443 g/mol. The number of halogens is 2. The zero-order valence-electron chi connectivity index (χ0n) is 16.5. The van der Waals surface area contributed by atoms with Gasteiger partial charge in [-0.05, 0) is 67.8 Å². The van der Waals surface area contributed by atoms with Crippen molar-refractivity contribution in [1.29, 1.82) is 0 Å². The largest absolute Gasteiger partial charge is 0.484 e. The summed E-state index contributed by atoms with van der Waals surface area (Å²) in [7, 11) is 0. The Hall–Kier alpha value is -2.05. The van der Waals surface area contributed by atoms with E-state index in [9.17, 15) is 0 Å². The van der Waals surface area contributed by atoms with Gasteiger partial charge in [-0.3, -0.25) is 4.90 Å². The van der Waals surface area contributed by atoms with Crippen LogP contribution >= 0.6 is 23.2 Å². The first kappa shape index (κ1) is 19.9. The van der Waals surface area contributed by atoms with Crippen molar-refractivity contribution in [2.75, 3.05) is 13.1 Å². The van der Waals surface area contributed by atoms with Gasteiger partial charge in [-0.2, -0.15) is 0 Å². The number of fused-ring (bicyclic) bond motifs is 1. The maximum Gasteiger partial charge on any atom is 0.140 e. The number of hydrogen-bond donors (Lipinski definition) is 1. The summed E-state index contributed by atoms with van der Waals surface area (Å²) in [6, 6.07) is 12.3. The van der Waals surface area contributed by atoms with Gasteiger partial charge >= 0.3 is 0 Å². The van der Waals surface area contributed by atoms with E-state index in [2.05, 4.69) is 9.88 Å². The first-order chi connectivity index (χ1) is 14.6. The first-order valence-corrected chi connectivity index (χ1v) is 11.1. The van der Waals surface area contributed by atoms with Crippen molar-refractivity contribution in [2.45, 2.75) is 37.5 Å². The Balaban J connectivity index is 1.45. The average Bonchev–Trinajstić information content (AvgIpc) is 3.38. The zero-order valence-corrected chi connectivity index (χ0v) is 18.1. The van der Waals surface area contributed by atoms with Gasteiger partial charge in [0.1, 0.15) is 11.9 Å². The van der Waals surface area contributed by atoms with E-state index in [1.54, 1.807) is 12.5 Å². The monoisotopic (exact) mass is 442 g/mol. The molecule has 0 saturated carbocycles. The van der Waals surface area contributed by atoms with Gasteiger partial charge in [-0.25, -0.2) is 4.98 Å². The minimum absolute atomic E-state index is 0.138. The molecule has 5 rings (SSSR count). The van der Waals surface area contributed by atoms with E-state index >= 15 is 0 Å². The Morgan fingerprint density at radius 1 is 1.13 bits per heavy atom. The summed E-state index contributed by atoms with van der Waals surface area (Å²) in [6.07, 6.45) is 8.35. The normalized spacial score (nSPS) is 24.0. The molecule has 1 aliphatic carbocycles. The van der Waals surface area contributed by atoms with Crippen molar-refractivity contribution in [1.82, 2.24) is 14.5 Å². The van der Waals surface area contributed by atoms with E-state index in [4.69, 9.17) is 33.7 Å². The molecule has 0 unspecified atom stereocenters. The third kappa shape index (κ3) is 3.83. The van der Waals surface area contributed by atoms with Gasteiger partial charge in [0.05, 0.1) is 12.4 Å². The number of rotatable bonds is 4. The third-order valence-electron chi connectivity index (χ3n) is 6.12. The Morgan fingerprint density at radius 3 is 2.70 bits per heavy atom. The molecule has 0 amide bonds. The van der Waals surface area contributed by atoms with Crippen LogP contribution in [0.2, 0.25) is 10.0 Å². The number of aromatic nitrogens is 2. The quantitative estimate of drug-likeness (QED) is 0.638. The zero-order chi connectivity index (χ0) is 20.7. The number of piperidine rings is 1. The highest BCUT2D eigenvalue weighted by atomic mass is 35.5. The molecule has 1 fully saturated rings. The molecule has 156 valence electrons. The molecule has 2 aromatic carbocycles. The molecule has 0 bridgehead atoms. The molecule has 0 radical (unpaired) electrons. The lowest BCUT2D eigenvalue weighted by Crippen LogP contribution is -2.49. The molecule has 5 nitrogen and oxygen atoms in total. The number of hydrogen-bond acceptors (Lipinski definition) is 4. The van der Waals surface area contributed by atoms with Crippen LogP contribution < -0.4 is 10.5 Å². The highest BCUT2D eigenvalue weighted by Crippen LogP contribution is 2.43. The van der Waals surface area contributed by atoms with Crippen LogP contribution in [0, 0.1) is 0 Å². The lowest BCUT2D eigenvalue weighted by atomic mass is 10.0. The topological polar surface area (TPSA) is 56.3 Å². The van der Waals surface area contributed by atoms with Gasteiger partial charge < -0.3 is 15.0 Å². The molecule has 1 aromatic heterocycles. The Labute approximate surface area is 186 Å². The van der Waals surface area contributed by atoms with Crippen LogP contribution in [0.25, 0.3) is 5.69 Å². The highest BCUT2D eigenvalue weighted by molar-refractivity contribution is 6.35. The van der Waals surface area contributed by atoms with Gasteiger partial charge in [0.25, 0.3) is 0 Å². The SMILES string of the molecule is N[C@@H]1CCCN([C@H]2Cc3c(Cl)cc(Cl)cc3[C@H]2Oc2ccc(-n3ccnc3)cc2)C1. The second-order valence-electron chi connectivity index (χ2n) is 8.13. The number of nitrogens with two attached hydrogens (primary N) is 1. The molecule has 1 aliphatic heterocycles. The third-order valence-corrected chi connectivity index (χ3v) is 6.68. The van der Waals surface area contributed by atoms with E-state index in [1.807, 2.05) is 47.2 Å². The summed E-state index contributed by atoms with van der Waals surface area (Å²) in [5.74, 6) is 0.819. The summed E-state index contributed by atoms with van der Waals surface area (Å²) < 4.78 is 8.52. The van der Waals surface area contributed by atoms with Crippen molar-refractivity contribution < 1.29 is 4.74 Å². The summed E-state index contributed by atoms with van der Waals surface area (Å²) in [5, 5.41) is 1.35. The van der Waals surface area contributed by atoms with Crippen LogP contribution in [0.4, 0.5) is 0 Å². The predicted molar refractivity (Wildman–Crippen MR) is 120 cm³/mol. The van der Waals surface area contributed by atoms with Crippen molar-refractivity contribution in [2.24, 2.45) is 5.73 Å². The standard InChI is InChI=1S/C23H24Cl2N4O/c24-15-10-20-19(21(25)11-15)12-22(28-8-1-2-16(26)13-28)23(20)30-18-5-3-17(4-6-18)29-9-7-27-14-29/h3-7,9-11,14,16,22-23H,1-2,8,12-13,26H2/t16-,22+,23-/m1/s1. The van der Waals surface area contributed by atoms with Crippen LogP contribution in [-0.2, 0) is 6.42 Å². The second-order valence-corrected chi connectivity index (χ2v) is 8.97. The lowest BCUT2D eigenvalue weighted by Gasteiger charge is -2.38. The van der Waals surface area contributed by atoms with Gasteiger partial charge in [0.15, 0.2) is 0 Å². The Morgan fingerprint density at radius 2 is 1.97 bits per heavy atom. The van der Waals surface area contributed by atoms with Crippen LogP contribution in [0.15, 0.2) is 55.1 Å². The number of imidazole rings is 1. The molecular formula is C23H24Cl2N4O. The number of likely N-dealkylation sites (tertiary alicyclic amines) is 1. The number of ether oxygens (including phenoxy) is 1. The van der Waals surface area contributed by atoms with Crippen molar-refractivity contribution in [3.63, 3.8) is 0 Å². The Kier molecular flexibility index (Phi) is 5.46. The molecule has 2 N–H and O–H groups in total. The maximum absolute atomic E-state index is 6.56. The maximum atomic E-state index is 6.56. The minimum atomic E-state index is -0.138. The smallest absolute Gasteiger partial charge is 0.140 e. The van der Waals surface area contributed by atoms with Crippen LogP contribution in [0.3, 0.4) is 0 Å². The fourth-order valence-corrected chi connectivity index (χ4v) is 5.26. The summed E-state index contributed by atoms with van der Waals surface area (Å²) in [6.45, 7) is 1.90. The molecule has 2 aliphatic rings. The molecule has 3 atom stereocenters. The van der Waals surface area contributed by atoms with Crippen LogP contribution in [-0.4, -0.2) is 39.6 Å². The first-order valence-electron chi connectivity index (χ1n) is 10.3. The van der Waals surface area contributed by atoms with Crippen molar-refractivity contribution in [3.8, 4) is 11.4 Å². The number of benzene rings is 2. The minimum Gasteiger partial charge on any atom is -0.484 e. The lowest BCUT2D eigenvalue weighted by molar-refractivity contribution is 0.0593. The van der Waals surface area contributed by atoms with Gasteiger partial charge in [0, 0.05) is 46.3 Å². The summed E-state index contributed by atoms with van der Waals surface area (Å²) in [4.78, 5) is 6.57. The van der Waals surface area contributed by atoms with E-state index < -0.39 is 0 Å². The van der Waals surface area contributed by atoms with E-state index in [-0.39, 0.29) is 18.2 Å². The second kappa shape index (κ2) is 8.23. The van der Waals surface area contributed by atoms with E-state index in [0.717, 1.165) is 54.9 Å². The molecule has 30 heavy (non-hydrogen) atoms. The van der Waals surface area contributed by atoms with E-state index in [1.165, 1.54) is 0 Å². The van der Waals surface area contributed by atoms with Crippen LogP contribution in [0.5, 0.6) is 5.75 Å².